The molecule has 8 heteroatoms. The number of ether oxygens (including phenoxy) is 1. The molecule has 0 bridgehead atoms. The van der Waals surface area contributed by atoms with Crippen LogP contribution in [0.4, 0.5) is 5.69 Å². The number of sulfonamides is 1. The number of anilines is 1. The first-order valence-corrected chi connectivity index (χ1v) is 11.0. The summed E-state index contributed by atoms with van der Waals surface area (Å²) in [5.74, 6) is 0.740. The first-order valence-electron chi connectivity index (χ1n) is 9.57. The third-order valence-corrected chi connectivity index (χ3v) is 6.13. The van der Waals surface area contributed by atoms with E-state index in [9.17, 15) is 13.5 Å². The summed E-state index contributed by atoms with van der Waals surface area (Å²) >= 11 is 0. The number of nitrogens with zero attached hydrogens (tertiary/aromatic N) is 1. The van der Waals surface area contributed by atoms with Crippen molar-refractivity contribution in [1.29, 1.82) is 0 Å². The van der Waals surface area contributed by atoms with E-state index in [0.29, 0.717) is 11.3 Å². The standard InChI is InChI=1S/C23H22N2O5S/c1-25(2)17-13-12-16-14-21(30-20(16)15-17)23(26)24-31(27,28)22-11-7-6-10-19(22)29-18-8-4-3-5-9-18/h3-15,23-24,26H,1-2H3. The Labute approximate surface area is 180 Å². The molecule has 0 fully saturated rings. The van der Waals surface area contributed by atoms with Crippen LogP contribution in [-0.4, -0.2) is 27.6 Å². The fraction of sp³-hybridized carbons (Fsp3) is 0.130. The van der Waals surface area contributed by atoms with Crippen molar-refractivity contribution in [2.24, 2.45) is 0 Å². The first kappa shape index (κ1) is 20.9. The van der Waals surface area contributed by atoms with E-state index in [0.717, 1.165) is 11.1 Å². The van der Waals surface area contributed by atoms with Crippen LogP contribution in [0.25, 0.3) is 11.0 Å². The molecule has 31 heavy (non-hydrogen) atoms. The molecule has 0 radical (unpaired) electrons. The molecule has 1 unspecified atom stereocenters. The lowest BCUT2D eigenvalue weighted by Crippen LogP contribution is -2.28. The maximum absolute atomic E-state index is 13.0. The third kappa shape index (κ3) is 4.56. The Morgan fingerprint density at radius 3 is 2.42 bits per heavy atom. The van der Waals surface area contributed by atoms with Crippen LogP contribution in [0.5, 0.6) is 11.5 Å². The quantitative estimate of drug-likeness (QED) is 0.419. The number of furan rings is 1. The van der Waals surface area contributed by atoms with Crippen molar-refractivity contribution in [3.8, 4) is 11.5 Å². The topological polar surface area (TPSA) is 92.0 Å². The average molecular weight is 439 g/mol. The van der Waals surface area contributed by atoms with Crippen molar-refractivity contribution >= 4 is 26.7 Å². The molecule has 7 nitrogen and oxygen atoms in total. The van der Waals surface area contributed by atoms with Gasteiger partial charge in [-0.3, -0.25) is 0 Å². The Hall–Kier alpha value is -3.33. The third-order valence-electron chi connectivity index (χ3n) is 4.69. The fourth-order valence-corrected chi connectivity index (χ4v) is 4.26. The number of aliphatic hydroxyl groups excluding tert-OH is 1. The Bertz CT molecular complexity index is 1300. The van der Waals surface area contributed by atoms with E-state index in [4.69, 9.17) is 9.15 Å². The van der Waals surface area contributed by atoms with E-state index < -0.39 is 16.3 Å². The highest BCUT2D eigenvalue weighted by Crippen LogP contribution is 2.31. The number of aliphatic hydroxyl groups is 1. The minimum absolute atomic E-state index is 0.0935. The average Bonchev–Trinajstić information content (AvgIpc) is 3.18. The molecule has 0 amide bonds. The summed E-state index contributed by atoms with van der Waals surface area (Å²) in [4.78, 5) is 1.83. The van der Waals surface area contributed by atoms with E-state index in [-0.39, 0.29) is 16.4 Å². The number of fused-ring (bicyclic) bond motifs is 1. The van der Waals surface area contributed by atoms with Gasteiger partial charge < -0.3 is 19.2 Å². The Kier molecular flexibility index (Phi) is 5.69. The van der Waals surface area contributed by atoms with Gasteiger partial charge >= 0.3 is 0 Å². The second-order valence-electron chi connectivity index (χ2n) is 7.15. The summed E-state index contributed by atoms with van der Waals surface area (Å²) in [7, 11) is -0.299. The van der Waals surface area contributed by atoms with Crippen molar-refractivity contribution in [1.82, 2.24) is 4.72 Å². The maximum Gasteiger partial charge on any atom is 0.246 e. The van der Waals surface area contributed by atoms with Crippen LogP contribution in [0.3, 0.4) is 0 Å². The molecule has 3 aromatic carbocycles. The molecule has 4 aromatic rings. The van der Waals surface area contributed by atoms with E-state index in [1.807, 2.05) is 43.3 Å². The van der Waals surface area contributed by atoms with Gasteiger partial charge in [-0.1, -0.05) is 30.3 Å². The van der Waals surface area contributed by atoms with Crippen LogP contribution in [0.15, 0.2) is 88.2 Å². The van der Waals surface area contributed by atoms with Gasteiger partial charge in [0.05, 0.1) is 0 Å². The SMILES string of the molecule is CN(C)c1ccc2cc(C(O)NS(=O)(=O)c3ccccc3Oc3ccccc3)oc2c1. The van der Waals surface area contributed by atoms with Gasteiger partial charge in [0.15, 0.2) is 6.23 Å². The van der Waals surface area contributed by atoms with Crippen molar-refractivity contribution in [3.05, 3.63) is 84.6 Å². The van der Waals surface area contributed by atoms with Gasteiger partial charge in [0.25, 0.3) is 0 Å². The molecule has 0 saturated heterocycles. The van der Waals surface area contributed by atoms with Crippen molar-refractivity contribution < 1.29 is 22.7 Å². The molecule has 0 aliphatic rings. The fourth-order valence-electron chi connectivity index (χ4n) is 3.09. The predicted octanol–water partition coefficient (Wildman–Crippen LogP) is 4.26. The Balaban J connectivity index is 1.60. The van der Waals surface area contributed by atoms with Gasteiger partial charge in [0, 0.05) is 31.2 Å². The smallest absolute Gasteiger partial charge is 0.246 e. The molecule has 1 atom stereocenters. The van der Waals surface area contributed by atoms with E-state index >= 15 is 0 Å². The zero-order valence-electron chi connectivity index (χ0n) is 17.0. The number of hydrogen-bond donors (Lipinski definition) is 2. The van der Waals surface area contributed by atoms with Crippen LogP contribution in [0.1, 0.15) is 12.0 Å². The van der Waals surface area contributed by atoms with E-state index in [2.05, 4.69) is 4.72 Å². The van der Waals surface area contributed by atoms with Gasteiger partial charge in [-0.15, -0.1) is 0 Å². The molecule has 0 spiro atoms. The number of hydrogen-bond acceptors (Lipinski definition) is 6. The molecule has 1 heterocycles. The monoisotopic (exact) mass is 438 g/mol. The largest absolute Gasteiger partial charge is 0.457 e. The molecule has 0 aliphatic heterocycles. The lowest BCUT2D eigenvalue weighted by Gasteiger charge is -2.14. The molecule has 4 rings (SSSR count). The molecule has 2 N–H and O–H groups in total. The summed E-state index contributed by atoms with van der Waals surface area (Å²) < 4.78 is 39.7. The summed E-state index contributed by atoms with van der Waals surface area (Å²) in [6, 6.07) is 22.3. The van der Waals surface area contributed by atoms with Gasteiger partial charge in [0.1, 0.15) is 27.7 Å². The minimum atomic E-state index is -4.11. The molecular formula is C23H22N2O5S. The van der Waals surface area contributed by atoms with Gasteiger partial charge in [-0.05, 0) is 42.5 Å². The predicted molar refractivity (Wildman–Crippen MR) is 119 cm³/mol. The number of para-hydroxylation sites is 2. The van der Waals surface area contributed by atoms with Crippen molar-refractivity contribution in [3.63, 3.8) is 0 Å². The van der Waals surface area contributed by atoms with Crippen LogP contribution in [0, 0.1) is 0 Å². The highest BCUT2D eigenvalue weighted by molar-refractivity contribution is 7.89. The summed E-state index contributed by atoms with van der Waals surface area (Å²) in [6.45, 7) is 0. The molecule has 0 aliphatic carbocycles. The number of benzene rings is 3. The first-order chi connectivity index (χ1) is 14.8. The summed E-state index contributed by atoms with van der Waals surface area (Å²) in [6.07, 6.45) is -1.56. The Morgan fingerprint density at radius 1 is 0.968 bits per heavy atom. The molecular weight excluding hydrogens is 416 g/mol. The normalized spacial score (nSPS) is 12.6. The van der Waals surface area contributed by atoms with Gasteiger partial charge in [-0.2, -0.15) is 4.72 Å². The highest BCUT2D eigenvalue weighted by Gasteiger charge is 2.25. The Morgan fingerprint density at radius 2 is 1.68 bits per heavy atom. The second kappa shape index (κ2) is 8.43. The molecule has 1 aromatic heterocycles. The van der Waals surface area contributed by atoms with E-state index in [1.165, 1.54) is 6.07 Å². The lowest BCUT2D eigenvalue weighted by atomic mass is 10.2. The summed E-state index contributed by atoms with van der Waals surface area (Å²) in [5, 5.41) is 11.3. The van der Waals surface area contributed by atoms with Crippen LogP contribution >= 0.6 is 0 Å². The number of nitrogens with one attached hydrogen (secondary N) is 1. The lowest BCUT2D eigenvalue weighted by molar-refractivity contribution is 0.141. The van der Waals surface area contributed by atoms with Crippen LogP contribution in [-0.2, 0) is 10.0 Å². The number of rotatable bonds is 7. The molecule has 0 saturated carbocycles. The zero-order chi connectivity index (χ0) is 22.0. The second-order valence-corrected chi connectivity index (χ2v) is 8.83. The van der Waals surface area contributed by atoms with Crippen molar-refractivity contribution in [2.75, 3.05) is 19.0 Å². The van der Waals surface area contributed by atoms with Crippen LogP contribution < -0.4 is 14.4 Å². The summed E-state index contributed by atoms with van der Waals surface area (Å²) in [5.41, 5.74) is 1.47. The van der Waals surface area contributed by atoms with Gasteiger partial charge in [-0.25, -0.2) is 8.42 Å². The van der Waals surface area contributed by atoms with Crippen molar-refractivity contribution in [2.45, 2.75) is 11.1 Å². The van der Waals surface area contributed by atoms with Gasteiger partial charge in [0.2, 0.25) is 10.0 Å². The molecule has 160 valence electrons. The minimum Gasteiger partial charge on any atom is -0.457 e. The zero-order valence-corrected chi connectivity index (χ0v) is 17.8. The highest BCUT2D eigenvalue weighted by atomic mass is 32.2. The van der Waals surface area contributed by atoms with Crippen LogP contribution in [0.2, 0.25) is 0 Å². The maximum atomic E-state index is 13.0. The van der Waals surface area contributed by atoms with E-state index in [1.54, 1.807) is 48.5 Å².